The molecule has 9 heteroatoms. The topological polar surface area (TPSA) is 111 Å². The molecule has 4 rings (SSSR count). The van der Waals surface area contributed by atoms with Crippen molar-refractivity contribution < 1.29 is 14.8 Å². The summed E-state index contributed by atoms with van der Waals surface area (Å²) in [5, 5.41) is 30.6. The first-order chi connectivity index (χ1) is 14.0. The van der Waals surface area contributed by atoms with Crippen molar-refractivity contribution in [1.82, 2.24) is 15.0 Å². The Labute approximate surface area is 168 Å². The Bertz CT molecular complexity index is 1180. The minimum Gasteiger partial charge on any atom is -0.478 e. The summed E-state index contributed by atoms with van der Waals surface area (Å²) in [5.41, 5.74) is 2.60. The summed E-state index contributed by atoms with van der Waals surface area (Å²) in [6, 6.07) is 15.8. The van der Waals surface area contributed by atoms with Crippen molar-refractivity contribution in [1.29, 1.82) is 0 Å². The summed E-state index contributed by atoms with van der Waals surface area (Å²) in [6.45, 7) is 0.108. The molecular formula is C20H14N4O4S. The van der Waals surface area contributed by atoms with Gasteiger partial charge in [0.2, 0.25) is 0 Å². The van der Waals surface area contributed by atoms with Gasteiger partial charge in [-0.05, 0) is 29.1 Å². The molecule has 0 fully saturated rings. The minimum atomic E-state index is -1.21. The molecule has 0 bridgehead atoms. The van der Waals surface area contributed by atoms with E-state index in [9.17, 15) is 14.9 Å². The summed E-state index contributed by atoms with van der Waals surface area (Å²) in [4.78, 5) is 22.9. The number of rotatable bonds is 6. The lowest BCUT2D eigenvalue weighted by Crippen LogP contribution is -2.06. The maximum atomic E-state index is 11.3. The zero-order valence-electron chi connectivity index (χ0n) is 14.9. The maximum Gasteiger partial charge on any atom is 0.335 e. The summed E-state index contributed by atoms with van der Waals surface area (Å²) >= 11 is 1.67. The molecule has 8 nitrogen and oxygen atoms in total. The molecule has 0 amide bonds. The lowest BCUT2D eigenvalue weighted by atomic mass is 10.1. The largest absolute Gasteiger partial charge is 0.478 e. The van der Waals surface area contributed by atoms with Crippen LogP contribution >= 0.6 is 11.3 Å². The third kappa shape index (κ3) is 3.90. The third-order valence-electron chi connectivity index (χ3n) is 4.39. The minimum absolute atomic E-state index is 0.108. The van der Waals surface area contributed by atoms with E-state index in [2.05, 4.69) is 16.4 Å². The molecule has 2 heterocycles. The van der Waals surface area contributed by atoms with Gasteiger partial charge in [-0.15, -0.1) is 16.4 Å². The number of hydrogen-bond donors (Lipinski definition) is 1. The predicted molar refractivity (Wildman–Crippen MR) is 108 cm³/mol. The fraction of sp³-hybridized carbons (Fsp3) is 0.0500. The van der Waals surface area contributed by atoms with Gasteiger partial charge in [-0.2, -0.15) is 0 Å². The van der Waals surface area contributed by atoms with Crippen molar-refractivity contribution in [2.45, 2.75) is 6.54 Å². The SMILES string of the molecule is O=C(O)c1ccc(Cn2cc(-c3ccc(-c4cccs4)cc3)nn2)c([N+](=O)[O-])c1. The van der Waals surface area contributed by atoms with E-state index in [1.54, 1.807) is 17.5 Å². The number of aromatic carboxylic acids is 1. The summed E-state index contributed by atoms with van der Waals surface area (Å²) in [7, 11) is 0. The van der Waals surface area contributed by atoms with Crippen LogP contribution in [0.15, 0.2) is 66.2 Å². The first-order valence-electron chi connectivity index (χ1n) is 8.56. The number of nitro groups is 1. The molecule has 0 aliphatic heterocycles. The van der Waals surface area contributed by atoms with E-state index in [4.69, 9.17) is 5.11 Å². The molecule has 0 atom stereocenters. The van der Waals surface area contributed by atoms with Gasteiger partial charge in [0, 0.05) is 16.5 Å². The van der Waals surface area contributed by atoms with Crippen LogP contribution in [-0.2, 0) is 6.54 Å². The lowest BCUT2D eigenvalue weighted by Gasteiger charge is -2.04. The molecule has 2 aromatic carbocycles. The van der Waals surface area contributed by atoms with Crippen molar-refractivity contribution in [3.8, 4) is 21.7 Å². The Morgan fingerprint density at radius 1 is 1.14 bits per heavy atom. The monoisotopic (exact) mass is 406 g/mol. The molecule has 0 aliphatic carbocycles. The Morgan fingerprint density at radius 3 is 2.55 bits per heavy atom. The van der Waals surface area contributed by atoms with Gasteiger partial charge in [0.15, 0.2) is 0 Å². The normalized spacial score (nSPS) is 10.8. The average molecular weight is 406 g/mol. The number of nitro benzene ring substituents is 1. The smallest absolute Gasteiger partial charge is 0.335 e. The second kappa shape index (κ2) is 7.64. The molecule has 0 radical (unpaired) electrons. The highest BCUT2D eigenvalue weighted by Gasteiger charge is 2.18. The highest BCUT2D eigenvalue weighted by atomic mass is 32.1. The van der Waals surface area contributed by atoms with Crippen LogP contribution in [0.3, 0.4) is 0 Å². The molecule has 2 aromatic heterocycles. The van der Waals surface area contributed by atoms with Crippen LogP contribution in [0.5, 0.6) is 0 Å². The molecular weight excluding hydrogens is 392 g/mol. The first-order valence-corrected chi connectivity index (χ1v) is 9.44. The Kier molecular flexibility index (Phi) is 4.88. The number of benzene rings is 2. The van der Waals surface area contributed by atoms with Crippen LogP contribution in [-0.4, -0.2) is 31.0 Å². The predicted octanol–water partition coefficient (Wildman–Crippen LogP) is 4.33. The number of nitrogens with zero attached hydrogens (tertiary/aromatic N) is 4. The highest BCUT2D eigenvalue weighted by molar-refractivity contribution is 7.13. The number of aromatic nitrogens is 3. The molecule has 0 aliphatic rings. The van der Waals surface area contributed by atoms with E-state index in [-0.39, 0.29) is 17.8 Å². The molecule has 0 spiro atoms. The number of carbonyl (C=O) groups is 1. The van der Waals surface area contributed by atoms with Gasteiger partial charge >= 0.3 is 5.97 Å². The van der Waals surface area contributed by atoms with Crippen molar-refractivity contribution in [3.63, 3.8) is 0 Å². The fourth-order valence-corrected chi connectivity index (χ4v) is 3.66. The van der Waals surface area contributed by atoms with Crippen LogP contribution in [0.25, 0.3) is 21.7 Å². The van der Waals surface area contributed by atoms with E-state index in [0.29, 0.717) is 11.3 Å². The number of carboxylic acids is 1. The fourth-order valence-electron chi connectivity index (χ4n) is 2.93. The molecule has 144 valence electrons. The standard InChI is InChI=1S/C20H14N4O4S/c25-20(26)15-7-8-16(18(10-15)24(27)28)11-23-12-17(21-22-23)13-3-5-14(6-4-13)19-2-1-9-29-19/h1-10,12H,11H2,(H,25,26). The van der Waals surface area contributed by atoms with Crippen LogP contribution < -0.4 is 0 Å². The quantitative estimate of drug-likeness (QED) is 0.377. The van der Waals surface area contributed by atoms with Gasteiger partial charge in [0.05, 0.1) is 28.8 Å². The van der Waals surface area contributed by atoms with Crippen molar-refractivity contribution in [2.24, 2.45) is 0 Å². The van der Waals surface area contributed by atoms with E-state index >= 15 is 0 Å². The van der Waals surface area contributed by atoms with Crippen LogP contribution in [0.2, 0.25) is 0 Å². The number of hydrogen-bond acceptors (Lipinski definition) is 6. The van der Waals surface area contributed by atoms with Crippen LogP contribution in [0.4, 0.5) is 5.69 Å². The van der Waals surface area contributed by atoms with E-state index in [1.165, 1.54) is 21.7 Å². The van der Waals surface area contributed by atoms with Crippen molar-refractivity contribution in [2.75, 3.05) is 0 Å². The van der Waals surface area contributed by atoms with Crippen LogP contribution in [0.1, 0.15) is 15.9 Å². The Morgan fingerprint density at radius 2 is 1.90 bits per heavy atom. The lowest BCUT2D eigenvalue weighted by molar-refractivity contribution is -0.385. The van der Waals surface area contributed by atoms with E-state index in [1.807, 2.05) is 35.7 Å². The summed E-state index contributed by atoms with van der Waals surface area (Å²) in [6.07, 6.45) is 1.70. The molecule has 0 saturated carbocycles. The van der Waals surface area contributed by atoms with Crippen LogP contribution in [0, 0.1) is 10.1 Å². The number of thiophene rings is 1. The van der Waals surface area contributed by atoms with Gasteiger partial charge < -0.3 is 5.11 Å². The maximum absolute atomic E-state index is 11.3. The third-order valence-corrected chi connectivity index (χ3v) is 5.31. The van der Waals surface area contributed by atoms with Gasteiger partial charge in [0.25, 0.3) is 5.69 Å². The average Bonchev–Trinajstić information content (AvgIpc) is 3.40. The molecule has 4 aromatic rings. The molecule has 1 N–H and O–H groups in total. The van der Waals surface area contributed by atoms with Gasteiger partial charge in [-0.25, -0.2) is 9.48 Å². The number of carboxylic acid groups (broad SMARTS) is 1. The molecule has 0 saturated heterocycles. The first kappa shape index (κ1) is 18.5. The van der Waals surface area contributed by atoms with Crippen molar-refractivity contribution in [3.05, 3.63) is 87.4 Å². The zero-order chi connectivity index (χ0) is 20.4. The van der Waals surface area contributed by atoms with Gasteiger partial charge in [0.1, 0.15) is 5.69 Å². The molecule has 0 unspecified atom stereocenters. The summed E-state index contributed by atoms with van der Waals surface area (Å²) in [5.74, 6) is -1.21. The zero-order valence-corrected chi connectivity index (χ0v) is 15.7. The van der Waals surface area contributed by atoms with Crippen molar-refractivity contribution >= 4 is 23.0 Å². The molecule has 29 heavy (non-hydrogen) atoms. The van der Waals surface area contributed by atoms with Gasteiger partial charge in [-0.1, -0.05) is 35.5 Å². The second-order valence-electron chi connectivity index (χ2n) is 6.26. The van der Waals surface area contributed by atoms with Gasteiger partial charge in [-0.3, -0.25) is 10.1 Å². The Balaban J connectivity index is 1.57. The second-order valence-corrected chi connectivity index (χ2v) is 7.21. The highest BCUT2D eigenvalue weighted by Crippen LogP contribution is 2.27. The van der Waals surface area contributed by atoms with E-state index < -0.39 is 10.9 Å². The van der Waals surface area contributed by atoms with E-state index in [0.717, 1.165) is 17.2 Å². The summed E-state index contributed by atoms with van der Waals surface area (Å²) < 4.78 is 1.49. The Hall–Kier alpha value is -3.85.